The van der Waals surface area contributed by atoms with Crippen LogP contribution in [0.1, 0.15) is 30.6 Å². The van der Waals surface area contributed by atoms with E-state index in [2.05, 4.69) is 34.0 Å². The predicted octanol–water partition coefficient (Wildman–Crippen LogP) is 2.93. The Morgan fingerprint density at radius 3 is 2.88 bits per heavy atom. The molecule has 0 radical (unpaired) electrons. The van der Waals surface area contributed by atoms with Gasteiger partial charge < -0.3 is 9.15 Å². The summed E-state index contributed by atoms with van der Waals surface area (Å²) in [5, 5.41) is 0. The maximum Gasteiger partial charge on any atom is 0.117 e. The van der Waals surface area contributed by atoms with Crippen molar-refractivity contribution in [3.63, 3.8) is 0 Å². The third kappa shape index (κ3) is 3.94. The van der Waals surface area contributed by atoms with Gasteiger partial charge >= 0.3 is 0 Å². The molecule has 0 aliphatic carbocycles. The van der Waals surface area contributed by atoms with E-state index in [4.69, 9.17) is 9.15 Å². The Balaban J connectivity index is 1.28. The van der Waals surface area contributed by atoms with Crippen LogP contribution in [0.5, 0.6) is 0 Å². The fourth-order valence-corrected chi connectivity index (χ4v) is 4.10. The molecule has 1 atom stereocenters. The molecular weight excluding hydrogens is 314 g/mol. The zero-order valence-corrected chi connectivity index (χ0v) is 14.9. The minimum atomic E-state index is 0.0769. The summed E-state index contributed by atoms with van der Waals surface area (Å²) in [5.41, 5.74) is 1.34. The van der Waals surface area contributed by atoms with Gasteiger partial charge in [0.25, 0.3) is 0 Å². The van der Waals surface area contributed by atoms with Crippen LogP contribution in [0.25, 0.3) is 0 Å². The van der Waals surface area contributed by atoms with Gasteiger partial charge in [0.05, 0.1) is 25.0 Å². The summed E-state index contributed by atoms with van der Waals surface area (Å²) < 4.78 is 11.8. The lowest BCUT2D eigenvalue weighted by Crippen LogP contribution is -2.44. The summed E-state index contributed by atoms with van der Waals surface area (Å²) in [6.07, 6.45) is 8.90. The van der Waals surface area contributed by atoms with E-state index in [1.807, 2.05) is 24.5 Å². The molecule has 25 heavy (non-hydrogen) atoms. The van der Waals surface area contributed by atoms with Gasteiger partial charge in [-0.3, -0.25) is 14.8 Å². The van der Waals surface area contributed by atoms with Crippen LogP contribution < -0.4 is 0 Å². The lowest BCUT2D eigenvalue weighted by molar-refractivity contribution is -0.0461. The molecule has 4 heterocycles. The number of likely N-dealkylation sites (tertiary alicyclic amines) is 1. The number of nitrogens with zero attached hydrogens (tertiary/aromatic N) is 3. The number of hydrogen-bond donors (Lipinski definition) is 0. The number of likely N-dealkylation sites (N-methyl/N-ethyl adjacent to an activating group) is 1. The second-order valence-electron chi connectivity index (χ2n) is 7.48. The first-order chi connectivity index (χ1) is 12.2. The van der Waals surface area contributed by atoms with Crippen molar-refractivity contribution in [1.29, 1.82) is 0 Å². The fourth-order valence-electron chi connectivity index (χ4n) is 4.10. The van der Waals surface area contributed by atoms with E-state index >= 15 is 0 Å². The Bertz CT molecular complexity index is 651. The quantitative estimate of drug-likeness (QED) is 0.836. The summed E-state index contributed by atoms with van der Waals surface area (Å²) >= 11 is 0. The standard InChI is InChI=1S/C20H27N3O2/c1-22(14-17-4-2-8-21-13-17)18-12-20(25-16-18)6-9-23(10-7-20)15-19-5-3-11-24-19/h2-5,8,11,13,18H,6-7,9-10,12,14-16H2,1H3/t18-/m0/s1. The summed E-state index contributed by atoms with van der Waals surface area (Å²) in [6.45, 7) is 4.85. The number of hydrogen-bond acceptors (Lipinski definition) is 5. The molecule has 1 spiro atoms. The molecule has 2 aliphatic heterocycles. The van der Waals surface area contributed by atoms with Gasteiger partial charge in [0.1, 0.15) is 5.76 Å². The molecule has 0 unspecified atom stereocenters. The Labute approximate surface area is 149 Å². The summed E-state index contributed by atoms with van der Waals surface area (Å²) in [4.78, 5) is 9.11. The van der Waals surface area contributed by atoms with Gasteiger partial charge in [0, 0.05) is 38.1 Å². The van der Waals surface area contributed by atoms with E-state index in [1.54, 1.807) is 6.26 Å². The van der Waals surface area contributed by atoms with Crippen molar-refractivity contribution in [2.24, 2.45) is 0 Å². The van der Waals surface area contributed by atoms with Crippen molar-refractivity contribution in [2.45, 2.75) is 44.0 Å². The van der Waals surface area contributed by atoms with E-state index in [-0.39, 0.29) is 5.60 Å². The zero-order valence-electron chi connectivity index (χ0n) is 14.9. The van der Waals surface area contributed by atoms with E-state index < -0.39 is 0 Å². The van der Waals surface area contributed by atoms with Crippen LogP contribution in [0, 0.1) is 0 Å². The maximum absolute atomic E-state index is 6.33. The fraction of sp³-hybridized carbons (Fsp3) is 0.550. The molecule has 0 amide bonds. The van der Waals surface area contributed by atoms with E-state index in [1.165, 1.54) is 5.56 Å². The molecule has 0 bridgehead atoms. The molecule has 2 aliphatic rings. The normalized spacial score (nSPS) is 23.5. The molecule has 5 nitrogen and oxygen atoms in total. The number of rotatable bonds is 5. The highest BCUT2D eigenvalue weighted by molar-refractivity contribution is 5.09. The Kier molecular flexibility index (Phi) is 4.88. The lowest BCUT2D eigenvalue weighted by Gasteiger charge is -2.38. The Hall–Kier alpha value is -1.69. The number of furan rings is 1. The Morgan fingerprint density at radius 2 is 2.16 bits per heavy atom. The van der Waals surface area contributed by atoms with Gasteiger partial charge in [0.2, 0.25) is 0 Å². The first-order valence-electron chi connectivity index (χ1n) is 9.20. The van der Waals surface area contributed by atoms with Crippen molar-refractivity contribution < 1.29 is 9.15 Å². The molecule has 4 rings (SSSR count). The van der Waals surface area contributed by atoms with Crippen LogP contribution in [0.15, 0.2) is 47.3 Å². The lowest BCUT2D eigenvalue weighted by atomic mass is 9.87. The molecule has 2 aromatic heterocycles. The van der Waals surface area contributed by atoms with E-state index in [0.717, 1.165) is 57.8 Å². The van der Waals surface area contributed by atoms with Crippen LogP contribution in [0.3, 0.4) is 0 Å². The number of aromatic nitrogens is 1. The molecule has 0 saturated carbocycles. The molecule has 2 saturated heterocycles. The first kappa shape index (κ1) is 16.8. The molecule has 2 fully saturated rings. The van der Waals surface area contributed by atoms with Crippen molar-refractivity contribution in [1.82, 2.24) is 14.8 Å². The zero-order chi connectivity index (χ0) is 17.1. The Morgan fingerprint density at radius 1 is 1.28 bits per heavy atom. The molecule has 2 aromatic rings. The van der Waals surface area contributed by atoms with Crippen LogP contribution in [-0.2, 0) is 17.8 Å². The average Bonchev–Trinajstić information content (AvgIpc) is 3.29. The third-order valence-electron chi connectivity index (χ3n) is 5.69. The third-order valence-corrected chi connectivity index (χ3v) is 5.69. The van der Waals surface area contributed by atoms with Crippen molar-refractivity contribution in [2.75, 3.05) is 26.7 Å². The maximum atomic E-state index is 6.33. The van der Waals surface area contributed by atoms with Crippen LogP contribution in [0.2, 0.25) is 0 Å². The van der Waals surface area contributed by atoms with Gasteiger partial charge in [-0.25, -0.2) is 0 Å². The molecule has 0 aromatic carbocycles. The molecule has 0 N–H and O–H groups in total. The topological polar surface area (TPSA) is 41.7 Å². The van der Waals surface area contributed by atoms with Crippen molar-refractivity contribution in [3.05, 3.63) is 54.2 Å². The highest BCUT2D eigenvalue weighted by Gasteiger charge is 2.43. The van der Waals surface area contributed by atoms with Gasteiger partial charge in [-0.1, -0.05) is 6.07 Å². The van der Waals surface area contributed by atoms with Gasteiger partial charge in [-0.15, -0.1) is 0 Å². The predicted molar refractivity (Wildman–Crippen MR) is 96.0 cm³/mol. The monoisotopic (exact) mass is 341 g/mol. The summed E-state index contributed by atoms with van der Waals surface area (Å²) in [7, 11) is 2.20. The highest BCUT2D eigenvalue weighted by atomic mass is 16.5. The van der Waals surface area contributed by atoms with E-state index in [9.17, 15) is 0 Å². The highest BCUT2D eigenvalue weighted by Crippen LogP contribution is 2.38. The number of pyridine rings is 1. The second-order valence-corrected chi connectivity index (χ2v) is 7.48. The molecular formula is C20H27N3O2. The van der Waals surface area contributed by atoms with Gasteiger partial charge in [-0.05, 0) is 50.1 Å². The van der Waals surface area contributed by atoms with E-state index in [0.29, 0.717) is 6.04 Å². The van der Waals surface area contributed by atoms with Gasteiger partial charge in [0.15, 0.2) is 0 Å². The summed E-state index contributed by atoms with van der Waals surface area (Å²) in [5.74, 6) is 1.05. The molecule has 5 heteroatoms. The van der Waals surface area contributed by atoms with Crippen LogP contribution in [0.4, 0.5) is 0 Å². The van der Waals surface area contributed by atoms with Crippen molar-refractivity contribution in [3.8, 4) is 0 Å². The van der Waals surface area contributed by atoms with Crippen LogP contribution in [-0.4, -0.2) is 53.2 Å². The second kappa shape index (κ2) is 7.28. The van der Waals surface area contributed by atoms with Gasteiger partial charge in [-0.2, -0.15) is 0 Å². The first-order valence-corrected chi connectivity index (χ1v) is 9.20. The molecule has 134 valence electrons. The minimum Gasteiger partial charge on any atom is -0.468 e. The minimum absolute atomic E-state index is 0.0769. The summed E-state index contributed by atoms with van der Waals surface area (Å²) in [6, 6.07) is 8.66. The van der Waals surface area contributed by atoms with Crippen LogP contribution >= 0.6 is 0 Å². The average molecular weight is 341 g/mol. The SMILES string of the molecule is CN(Cc1cccnc1)[C@@H]1COC2(CCN(Cc3ccco3)CC2)C1. The van der Waals surface area contributed by atoms with Crippen molar-refractivity contribution >= 4 is 0 Å². The smallest absolute Gasteiger partial charge is 0.117 e. The largest absolute Gasteiger partial charge is 0.468 e. The number of piperidine rings is 1. The number of ether oxygens (including phenoxy) is 1.